The Morgan fingerprint density at radius 3 is 0.812 bits per heavy atom. The molecule has 0 unspecified atom stereocenters. The molecule has 0 atom stereocenters. The maximum atomic E-state index is 5.57. The Bertz CT molecular complexity index is 7530. The largest absolute Gasteiger partial charge is 0.247 e. The van der Waals surface area contributed by atoms with E-state index in [1.807, 2.05) is 108 Å². The van der Waals surface area contributed by atoms with Crippen molar-refractivity contribution in [2.24, 2.45) is 0 Å². The molecule has 4 aliphatic rings. The first-order valence-electron chi connectivity index (χ1n) is 43.4. The van der Waals surface area contributed by atoms with Gasteiger partial charge in [0.25, 0.3) is 0 Å². The Morgan fingerprint density at radius 2 is 0.445 bits per heavy atom. The molecular formula is C119H73N7S2. The molecule has 0 radical (unpaired) electrons. The minimum absolute atomic E-state index is 0.474. The summed E-state index contributed by atoms with van der Waals surface area (Å²) in [6.07, 6.45) is 0. The van der Waals surface area contributed by atoms with Gasteiger partial charge in [0.1, 0.15) is 0 Å². The van der Waals surface area contributed by atoms with Crippen molar-refractivity contribution in [2.75, 3.05) is 0 Å². The van der Waals surface area contributed by atoms with E-state index in [2.05, 4.69) is 358 Å². The third-order valence-electron chi connectivity index (χ3n) is 26.2. The Hall–Kier alpha value is -15.9. The van der Waals surface area contributed by atoms with Crippen molar-refractivity contribution in [1.82, 2.24) is 34.9 Å². The number of aromatic nitrogens is 7. The van der Waals surface area contributed by atoms with Crippen LogP contribution in [-0.4, -0.2) is 34.9 Å². The van der Waals surface area contributed by atoms with Crippen LogP contribution in [0, 0.1) is 0 Å². The lowest BCUT2D eigenvalue weighted by Gasteiger charge is -2.40. The highest BCUT2D eigenvalue weighted by molar-refractivity contribution is 8.00. The van der Waals surface area contributed by atoms with E-state index in [-0.39, 0.29) is 0 Å². The minimum Gasteiger partial charge on any atom is -0.247 e. The van der Waals surface area contributed by atoms with Gasteiger partial charge in [0.2, 0.25) is 0 Å². The zero-order valence-electron chi connectivity index (χ0n) is 69.1. The molecule has 26 rings (SSSR count). The molecule has 18 aromatic carbocycles. The van der Waals surface area contributed by atoms with Gasteiger partial charge in [0.15, 0.2) is 23.3 Å². The van der Waals surface area contributed by atoms with Crippen molar-refractivity contribution in [3.05, 3.63) is 487 Å². The maximum absolute atomic E-state index is 5.57. The number of hydrogen-bond donors (Lipinski definition) is 0. The Kier molecular flexibility index (Phi) is 17.8. The molecule has 22 aromatic rings. The molecule has 0 saturated carbocycles. The van der Waals surface area contributed by atoms with Crippen LogP contribution in [0.5, 0.6) is 0 Å². The maximum Gasteiger partial charge on any atom is 0.164 e. The standard InChI is InChI=1S/C60H37N3S.C59H36N4S/c1-4-16-39(17-5-1)53-37-54(63-59(62-53)42-20-8-3-9-21-42)40-30-28-38(29-31-40)43-32-35-52-47(36-43)46-33-34-51-58(56(46)57(61-52)41-18-6-2-7-19-41)64-55-27-15-14-26-50(55)60(51)48-24-12-10-22-44(48)45-23-11-13-25-49(45)60;1-4-16-38(17-5-1)54-53-45(33-34-50-55(53)64-52-27-15-14-26-49(52)59(50)47-24-12-10-22-43(47)44-23-11-13-25-48(44)59)46-36-42(32-35-51(46)60-54)37-28-30-41(31-29-37)58-62-56(39-18-6-2-7-19-39)61-57(63-58)40-20-8-3-9-21-40/h1-37H;1-36H. The van der Waals surface area contributed by atoms with E-state index in [1.165, 1.54) is 108 Å². The molecular weight excluding hydrogens is 1590 g/mol. The third kappa shape index (κ3) is 12.0. The van der Waals surface area contributed by atoms with E-state index in [0.717, 1.165) is 111 Å². The molecule has 2 aliphatic heterocycles. The van der Waals surface area contributed by atoms with Crippen LogP contribution in [0.2, 0.25) is 0 Å². The van der Waals surface area contributed by atoms with E-state index in [1.54, 1.807) is 0 Å². The van der Waals surface area contributed by atoms with Gasteiger partial charge in [-0.2, -0.15) is 0 Å². The summed E-state index contributed by atoms with van der Waals surface area (Å²) in [7, 11) is 0. The van der Waals surface area contributed by atoms with Crippen LogP contribution >= 0.6 is 23.5 Å². The highest BCUT2D eigenvalue weighted by Gasteiger charge is 2.53. The topological polar surface area (TPSA) is 90.2 Å². The summed E-state index contributed by atoms with van der Waals surface area (Å²) >= 11 is 3.77. The van der Waals surface area contributed by atoms with E-state index in [4.69, 9.17) is 34.9 Å². The highest BCUT2D eigenvalue weighted by Crippen LogP contribution is 2.66. The van der Waals surface area contributed by atoms with Crippen molar-refractivity contribution >= 4 is 66.9 Å². The molecule has 6 heterocycles. The molecule has 7 nitrogen and oxygen atoms in total. The summed E-state index contributed by atoms with van der Waals surface area (Å²) in [5.74, 6) is 2.64. The Morgan fingerprint density at radius 1 is 0.172 bits per heavy atom. The van der Waals surface area contributed by atoms with Gasteiger partial charge in [0, 0.05) is 85.6 Å². The van der Waals surface area contributed by atoms with Crippen molar-refractivity contribution in [3.8, 4) is 135 Å². The summed E-state index contributed by atoms with van der Waals surface area (Å²) in [4.78, 5) is 41.1. The first-order valence-corrected chi connectivity index (χ1v) is 45.0. The number of benzene rings is 18. The first kappa shape index (κ1) is 74.7. The van der Waals surface area contributed by atoms with Crippen LogP contribution in [0.4, 0.5) is 0 Å². The molecule has 2 aliphatic carbocycles. The molecule has 0 bridgehead atoms. The Labute approximate surface area is 749 Å². The Balaban J connectivity index is 0.000000139. The second-order valence-electron chi connectivity index (χ2n) is 33.1. The number of rotatable bonds is 10. The average molecular weight is 1670 g/mol. The second-order valence-corrected chi connectivity index (χ2v) is 35.2. The van der Waals surface area contributed by atoms with Gasteiger partial charge in [-0.3, -0.25) is 0 Å². The van der Waals surface area contributed by atoms with Gasteiger partial charge >= 0.3 is 0 Å². The molecule has 9 heteroatoms. The molecule has 128 heavy (non-hydrogen) atoms. The fourth-order valence-corrected chi connectivity index (χ4v) is 23.1. The average Bonchev–Trinajstić information content (AvgIpc) is 1.38. The lowest BCUT2D eigenvalue weighted by molar-refractivity contribution is 0.726. The smallest absolute Gasteiger partial charge is 0.164 e. The van der Waals surface area contributed by atoms with Gasteiger partial charge < -0.3 is 0 Å². The van der Waals surface area contributed by atoms with E-state index in [9.17, 15) is 0 Å². The summed E-state index contributed by atoms with van der Waals surface area (Å²) < 4.78 is 0. The first-order chi connectivity index (χ1) is 63.4. The second kappa shape index (κ2) is 30.5. The lowest BCUT2D eigenvalue weighted by atomic mass is 9.67. The summed E-state index contributed by atoms with van der Waals surface area (Å²) in [6.45, 7) is 0. The van der Waals surface area contributed by atoms with Gasteiger partial charge in [-0.05, 0) is 142 Å². The molecule has 0 N–H and O–H groups in total. The van der Waals surface area contributed by atoms with Crippen molar-refractivity contribution in [1.29, 1.82) is 0 Å². The van der Waals surface area contributed by atoms with Crippen LogP contribution in [-0.2, 0) is 10.8 Å². The zero-order chi connectivity index (χ0) is 84.4. The minimum atomic E-state index is -0.479. The summed E-state index contributed by atoms with van der Waals surface area (Å²) in [5.41, 5.74) is 33.2. The van der Waals surface area contributed by atoms with Gasteiger partial charge in [-0.25, -0.2) is 34.9 Å². The van der Waals surface area contributed by atoms with Gasteiger partial charge in [-0.1, -0.05) is 424 Å². The van der Waals surface area contributed by atoms with Crippen LogP contribution in [0.25, 0.3) is 178 Å². The summed E-state index contributed by atoms with van der Waals surface area (Å²) in [6, 6.07) is 159. The molecule has 0 fully saturated rings. The van der Waals surface area contributed by atoms with Crippen molar-refractivity contribution in [2.45, 2.75) is 30.4 Å². The van der Waals surface area contributed by atoms with E-state index >= 15 is 0 Å². The normalized spacial score (nSPS) is 13.1. The monoisotopic (exact) mass is 1660 g/mol. The summed E-state index contributed by atoms with van der Waals surface area (Å²) in [5, 5.41) is 7.02. The molecule has 4 aromatic heterocycles. The highest BCUT2D eigenvalue weighted by atomic mass is 32.2. The molecule has 0 amide bonds. The predicted molar refractivity (Wildman–Crippen MR) is 525 cm³/mol. The fraction of sp³-hybridized carbons (Fsp3) is 0.0168. The predicted octanol–water partition coefficient (Wildman–Crippen LogP) is 30.1. The molecule has 0 saturated heterocycles. The van der Waals surface area contributed by atoms with Crippen LogP contribution < -0.4 is 0 Å². The third-order valence-corrected chi connectivity index (χ3v) is 28.6. The zero-order valence-corrected chi connectivity index (χ0v) is 70.7. The number of nitrogens with zero attached hydrogens (tertiary/aromatic N) is 7. The van der Waals surface area contributed by atoms with Gasteiger partial charge in [-0.15, -0.1) is 0 Å². The number of fused-ring (bicyclic) bond motifs is 26. The fourth-order valence-electron chi connectivity index (χ4n) is 20.4. The number of pyridine rings is 2. The molecule has 2 spiro atoms. The van der Waals surface area contributed by atoms with Crippen LogP contribution in [0.15, 0.2) is 462 Å². The lowest BCUT2D eigenvalue weighted by Crippen LogP contribution is -2.32. The van der Waals surface area contributed by atoms with Crippen LogP contribution in [0.3, 0.4) is 0 Å². The quantitative estimate of drug-likeness (QED) is 0.124. The molecule has 596 valence electrons. The number of hydrogen-bond acceptors (Lipinski definition) is 9. The van der Waals surface area contributed by atoms with Gasteiger partial charge in [0.05, 0.1) is 44.6 Å². The van der Waals surface area contributed by atoms with Crippen molar-refractivity contribution < 1.29 is 0 Å². The van der Waals surface area contributed by atoms with Crippen molar-refractivity contribution in [3.63, 3.8) is 0 Å². The van der Waals surface area contributed by atoms with E-state index in [0.29, 0.717) is 23.3 Å². The van der Waals surface area contributed by atoms with E-state index < -0.39 is 10.8 Å². The van der Waals surface area contributed by atoms with Crippen LogP contribution in [0.1, 0.15) is 44.5 Å². The SMILES string of the molecule is c1ccc(-c2cc(-c3ccc(-c4ccc5nc(-c6ccccc6)c6c7c(ccc6c5c4)C4(c5ccccc5S7)c5ccccc5-c5ccccc54)cc3)nc(-c3ccccc3)n2)cc1.c1ccc(-c2nc(-c3ccccc3)nc(-c3ccc(-c4ccc5nc(-c6ccccc6)c6c7c(ccc6c5c4)C4(c5ccccc5S7)c5ccccc5-c5ccccc54)cc3)n2)cc1.